The van der Waals surface area contributed by atoms with E-state index < -0.39 is 0 Å². The first-order chi connectivity index (χ1) is 11.2. The van der Waals surface area contributed by atoms with Crippen molar-refractivity contribution in [1.29, 1.82) is 0 Å². The Hall–Kier alpha value is -2.28. The van der Waals surface area contributed by atoms with E-state index in [9.17, 15) is 4.39 Å². The lowest BCUT2D eigenvalue weighted by Crippen LogP contribution is -2.02. The van der Waals surface area contributed by atoms with Gasteiger partial charge < -0.3 is 5.32 Å². The van der Waals surface area contributed by atoms with Crippen LogP contribution in [0.2, 0.25) is 0 Å². The van der Waals surface area contributed by atoms with E-state index in [0.717, 1.165) is 35.1 Å². The molecule has 0 spiro atoms. The highest BCUT2D eigenvalue weighted by Crippen LogP contribution is 2.18. The summed E-state index contributed by atoms with van der Waals surface area (Å²) in [6.45, 7) is 0.847. The first-order valence-electron chi connectivity index (χ1n) is 7.47. The van der Waals surface area contributed by atoms with Crippen LogP contribution in [0.4, 0.5) is 9.52 Å². The van der Waals surface area contributed by atoms with E-state index >= 15 is 0 Å². The van der Waals surface area contributed by atoms with Crippen LogP contribution in [0.3, 0.4) is 0 Å². The third kappa shape index (κ3) is 4.59. The van der Waals surface area contributed by atoms with E-state index in [2.05, 4.69) is 20.6 Å². The van der Waals surface area contributed by atoms with Gasteiger partial charge in [-0.25, -0.2) is 4.39 Å². The van der Waals surface area contributed by atoms with Crippen LogP contribution in [0.15, 0.2) is 36.7 Å². The molecule has 0 aliphatic rings. The largest absolute Gasteiger partial charge is 0.360 e. The van der Waals surface area contributed by atoms with Crippen molar-refractivity contribution in [1.82, 2.24) is 20.0 Å². The number of aryl methyl sites for hydroxylation is 2. The second-order valence-corrected chi connectivity index (χ2v) is 6.42. The second kappa shape index (κ2) is 7.32. The van der Waals surface area contributed by atoms with Gasteiger partial charge in [-0.2, -0.15) is 5.10 Å². The molecule has 1 aromatic carbocycles. The molecule has 0 unspecified atom stereocenters. The first-order valence-corrected chi connectivity index (χ1v) is 8.29. The van der Waals surface area contributed by atoms with Gasteiger partial charge in [0.1, 0.15) is 10.8 Å². The first kappa shape index (κ1) is 15.6. The zero-order chi connectivity index (χ0) is 16.1. The maximum Gasteiger partial charge on any atom is 0.205 e. The van der Waals surface area contributed by atoms with Gasteiger partial charge in [0.2, 0.25) is 5.13 Å². The van der Waals surface area contributed by atoms with Crippen LogP contribution < -0.4 is 5.32 Å². The number of nitrogens with one attached hydrogen (secondary N) is 1. The summed E-state index contributed by atoms with van der Waals surface area (Å²) in [7, 11) is 1.92. The predicted molar refractivity (Wildman–Crippen MR) is 89.1 cm³/mol. The smallest absolute Gasteiger partial charge is 0.205 e. The minimum Gasteiger partial charge on any atom is -0.360 e. The van der Waals surface area contributed by atoms with Gasteiger partial charge >= 0.3 is 0 Å². The standard InChI is InChI=1S/C16H18FN5S/c1-22-11-13(10-19-22)3-2-8-18-16-21-20-15(23-16)9-12-4-6-14(17)7-5-12/h4-7,10-11H,2-3,8-9H2,1H3,(H,18,21). The van der Waals surface area contributed by atoms with Crippen LogP contribution in [0.5, 0.6) is 0 Å². The molecule has 3 aromatic rings. The molecule has 120 valence electrons. The Morgan fingerprint density at radius 1 is 1.17 bits per heavy atom. The Morgan fingerprint density at radius 2 is 2.00 bits per heavy atom. The number of benzene rings is 1. The van der Waals surface area contributed by atoms with Crippen molar-refractivity contribution in [2.24, 2.45) is 7.05 Å². The molecule has 0 bridgehead atoms. The minimum absolute atomic E-state index is 0.220. The zero-order valence-corrected chi connectivity index (χ0v) is 13.7. The molecule has 0 saturated carbocycles. The van der Waals surface area contributed by atoms with Crippen molar-refractivity contribution in [3.05, 3.63) is 58.6 Å². The summed E-state index contributed by atoms with van der Waals surface area (Å²) >= 11 is 1.54. The quantitative estimate of drug-likeness (QED) is 0.676. The molecule has 0 radical (unpaired) electrons. The molecule has 3 rings (SSSR count). The summed E-state index contributed by atoms with van der Waals surface area (Å²) in [6, 6.07) is 6.48. The van der Waals surface area contributed by atoms with Gasteiger partial charge in [0.25, 0.3) is 0 Å². The van der Waals surface area contributed by atoms with Crippen molar-refractivity contribution < 1.29 is 4.39 Å². The molecule has 1 N–H and O–H groups in total. The van der Waals surface area contributed by atoms with Gasteiger partial charge in [-0.3, -0.25) is 4.68 Å². The van der Waals surface area contributed by atoms with E-state index in [0.29, 0.717) is 6.42 Å². The van der Waals surface area contributed by atoms with Crippen LogP contribution in [0.25, 0.3) is 0 Å². The van der Waals surface area contributed by atoms with E-state index in [-0.39, 0.29) is 5.82 Å². The van der Waals surface area contributed by atoms with Crippen molar-refractivity contribution in [3.63, 3.8) is 0 Å². The third-order valence-corrected chi connectivity index (χ3v) is 4.29. The van der Waals surface area contributed by atoms with Gasteiger partial charge in [-0.15, -0.1) is 10.2 Å². The molecule has 2 aromatic heterocycles. The Balaban J connectivity index is 1.44. The highest BCUT2D eigenvalue weighted by molar-refractivity contribution is 7.15. The lowest BCUT2D eigenvalue weighted by molar-refractivity contribution is 0.627. The van der Waals surface area contributed by atoms with Crippen molar-refractivity contribution in [3.8, 4) is 0 Å². The van der Waals surface area contributed by atoms with Gasteiger partial charge in [0, 0.05) is 26.2 Å². The summed E-state index contributed by atoms with van der Waals surface area (Å²) in [4.78, 5) is 0. The molecule has 0 aliphatic heterocycles. The molecular weight excluding hydrogens is 313 g/mol. The molecule has 0 saturated heterocycles. The van der Waals surface area contributed by atoms with Crippen LogP contribution >= 0.6 is 11.3 Å². The van der Waals surface area contributed by atoms with Crippen molar-refractivity contribution >= 4 is 16.5 Å². The average molecular weight is 331 g/mol. The van der Waals surface area contributed by atoms with Crippen LogP contribution in [0, 0.1) is 5.82 Å². The fraction of sp³-hybridized carbons (Fsp3) is 0.312. The van der Waals surface area contributed by atoms with E-state index in [1.54, 1.807) is 12.1 Å². The summed E-state index contributed by atoms with van der Waals surface area (Å²) in [5.74, 6) is -0.220. The molecule has 23 heavy (non-hydrogen) atoms. The number of rotatable bonds is 7. The van der Waals surface area contributed by atoms with Gasteiger partial charge in [-0.1, -0.05) is 23.5 Å². The topological polar surface area (TPSA) is 55.6 Å². The number of halogens is 1. The van der Waals surface area contributed by atoms with Gasteiger partial charge in [-0.05, 0) is 36.1 Å². The Labute approximate surface area is 138 Å². The number of anilines is 1. The predicted octanol–water partition coefficient (Wildman–Crippen LogP) is 3.05. The molecule has 7 heteroatoms. The fourth-order valence-electron chi connectivity index (χ4n) is 2.26. The summed E-state index contributed by atoms with van der Waals surface area (Å²) in [5.41, 5.74) is 2.27. The SMILES string of the molecule is Cn1cc(CCCNc2nnc(Cc3ccc(F)cc3)s2)cn1. The number of hydrogen-bond acceptors (Lipinski definition) is 5. The normalized spacial score (nSPS) is 10.9. The maximum atomic E-state index is 12.9. The molecule has 0 atom stereocenters. The Morgan fingerprint density at radius 3 is 2.74 bits per heavy atom. The molecular formula is C16H18FN5S. The lowest BCUT2D eigenvalue weighted by atomic mass is 10.2. The summed E-state index contributed by atoms with van der Waals surface area (Å²) in [5, 5.41) is 17.5. The number of nitrogens with zero attached hydrogens (tertiary/aromatic N) is 4. The highest BCUT2D eigenvalue weighted by atomic mass is 32.1. The fourth-order valence-corrected chi connectivity index (χ4v) is 3.06. The van der Waals surface area contributed by atoms with Crippen molar-refractivity contribution in [2.75, 3.05) is 11.9 Å². The maximum absolute atomic E-state index is 12.9. The number of hydrogen-bond donors (Lipinski definition) is 1. The monoisotopic (exact) mass is 331 g/mol. The average Bonchev–Trinajstić information content (AvgIpc) is 3.15. The summed E-state index contributed by atoms with van der Waals surface area (Å²) in [6.07, 6.45) is 6.60. The van der Waals surface area contributed by atoms with Crippen LogP contribution in [-0.4, -0.2) is 26.5 Å². The Bertz CT molecular complexity index is 750. The lowest BCUT2D eigenvalue weighted by Gasteiger charge is -2.00. The second-order valence-electron chi connectivity index (χ2n) is 5.36. The van der Waals surface area contributed by atoms with E-state index in [1.807, 2.05) is 24.1 Å². The number of aromatic nitrogens is 4. The molecule has 0 fully saturated rings. The van der Waals surface area contributed by atoms with E-state index in [1.165, 1.54) is 29.0 Å². The molecule has 0 aliphatic carbocycles. The highest BCUT2D eigenvalue weighted by Gasteiger charge is 2.05. The van der Waals surface area contributed by atoms with E-state index in [4.69, 9.17) is 0 Å². The summed E-state index contributed by atoms with van der Waals surface area (Å²) < 4.78 is 14.7. The Kier molecular flexibility index (Phi) is 4.97. The third-order valence-electron chi connectivity index (χ3n) is 3.41. The minimum atomic E-state index is -0.220. The molecule has 2 heterocycles. The van der Waals surface area contributed by atoms with Gasteiger partial charge in [0.15, 0.2) is 0 Å². The van der Waals surface area contributed by atoms with Crippen LogP contribution in [-0.2, 0) is 19.9 Å². The molecule has 5 nitrogen and oxygen atoms in total. The van der Waals surface area contributed by atoms with Gasteiger partial charge in [0.05, 0.1) is 6.20 Å². The zero-order valence-electron chi connectivity index (χ0n) is 12.9. The van der Waals surface area contributed by atoms with Crippen molar-refractivity contribution in [2.45, 2.75) is 19.3 Å². The molecule has 0 amide bonds. The van der Waals surface area contributed by atoms with Crippen LogP contribution in [0.1, 0.15) is 22.6 Å².